The normalized spacial score (nSPS) is 19.9. The van der Waals surface area contributed by atoms with Crippen molar-refractivity contribution in [2.45, 2.75) is 18.8 Å². The number of imide groups is 1. The second-order valence-electron chi connectivity index (χ2n) is 3.64. The Balaban J connectivity index is 2.20. The maximum absolute atomic E-state index is 11.5. The fourth-order valence-corrected chi connectivity index (χ4v) is 1.57. The molecule has 0 spiro atoms. The van der Waals surface area contributed by atoms with Gasteiger partial charge in [-0.2, -0.15) is 0 Å². The Morgan fingerprint density at radius 1 is 1.35 bits per heavy atom. The van der Waals surface area contributed by atoms with Crippen LogP contribution in [0.5, 0.6) is 0 Å². The van der Waals surface area contributed by atoms with Gasteiger partial charge in [0.1, 0.15) is 5.82 Å². The van der Waals surface area contributed by atoms with Crippen LogP contribution < -0.4 is 5.32 Å². The second kappa shape index (κ2) is 4.28. The molecule has 1 fully saturated rings. The third kappa shape index (κ3) is 2.27. The van der Waals surface area contributed by atoms with Crippen LogP contribution in [0.3, 0.4) is 0 Å². The maximum atomic E-state index is 11.5. The van der Waals surface area contributed by atoms with Gasteiger partial charge in [-0.05, 0) is 6.42 Å². The molecule has 1 aliphatic heterocycles. The third-order valence-corrected chi connectivity index (χ3v) is 2.47. The van der Waals surface area contributed by atoms with Crippen LogP contribution in [-0.2, 0) is 9.59 Å². The van der Waals surface area contributed by atoms with E-state index in [1.54, 1.807) is 0 Å². The summed E-state index contributed by atoms with van der Waals surface area (Å²) in [5.74, 6) is -2.23. The standard InChI is InChI=1S/C10H9N3O4/c14-7-2-1-6(9(15)13-7)8-11-3-5(4-12-8)10(16)17/h3-4,6H,1-2H2,(H,16,17)(H,13,14,15). The minimum absolute atomic E-state index is 0.0407. The Kier molecular flexibility index (Phi) is 2.82. The van der Waals surface area contributed by atoms with Crippen LogP contribution in [0.15, 0.2) is 12.4 Å². The summed E-state index contributed by atoms with van der Waals surface area (Å²) < 4.78 is 0. The number of carbonyl (C=O) groups is 3. The van der Waals surface area contributed by atoms with Crippen molar-refractivity contribution in [2.75, 3.05) is 0 Å². The Hall–Kier alpha value is -2.31. The molecule has 0 radical (unpaired) electrons. The molecule has 0 bridgehead atoms. The zero-order valence-electron chi connectivity index (χ0n) is 8.71. The molecule has 2 heterocycles. The monoisotopic (exact) mass is 235 g/mol. The number of piperidine rings is 1. The molecule has 1 aromatic rings. The van der Waals surface area contributed by atoms with Crippen molar-refractivity contribution in [3.05, 3.63) is 23.8 Å². The third-order valence-electron chi connectivity index (χ3n) is 2.47. The molecule has 7 nitrogen and oxygen atoms in total. The molecule has 1 unspecified atom stereocenters. The first-order valence-corrected chi connectivity index (χ1v) is 4.97. The number of hydrogen-bond acceptors (Lipinski definition) is 5. The van der Waals surface area contributed by atoms with Crippen LogP contribution in [0, 0.1) is 0 Å². The quantitative estimate of drug-likeness (QED) is 0.681. The van der Waals surface area contributed by atoms with E-state index >= 15 is 0 Å². The Morgan fingerprint density at radius 2 is 2.00 bits per heavy atom. The molecule has 2 rings (SSSR count). The first-order valence-electron chi connectivity index (χ1n) is 4.97. The first kappa shape index (κ1) is 11.2. The number of carbonyl (C=O) groups excluding carboxylic acids is 2. The fraction of sp³-hybridized carbons (Fsp3) is 0.300. The van der Waals surface area contributed by atoms with Gasteiger partial charge in [0.05, 0.1) is 11.5 Å². The van der Waals surface area contributed by atoms with Crippen molar-refractivity contribution in [3.63, 3.8) is 0 Å². The van der Waals surface area contributed by atoms with Crippen molar-refractivity contribution in [3.8, 4) is 0 Å². The zero-order chi connectivity index (χ0) is 12.4. The summed E-state index contributed by atoms with van der Waals surface area (Å²) in [4.78, 5) is 40.7. The predicted molar refractivity (Wildman–Crippen MR) is 54.1 cm³/mol. The van der Waals surface area contributed by atoms with Gasteiger partial charge in [-0.3, -0.25) is 14.9 Å². The van der Waals surface area contributed by atoms with Gasteiger partial charge < -0.3 is 5.11 Å². The summed E-state index contributed by atoms with van der Waals surface area (Å²) in [5.41, 5.74) is -0.0407. The summed E-state index contributed by atoms with van der Waals surface area (Å²) in [7, 11) is 0. The van der Waals surface area contributed by atoms with E-state index in [0.29, 0.717) is 6.42 Å². The minimum Gasteiger partial charge on any atom is -0.478 e. The van der Waals surface area contributed by atoms with Gasteiger partial charge in [0.25, 0.3) is 0 Å². The van der Waals surface area contributed by atoms with Gasteiger partial charge in [-0.1, -0.05) is 0 Å². The molecular formula is C10H9N3O4. The highest BCUT2D eigenvalue weighted by molar-refractivity contribution is 6.00. The molecule has 1 atom stereocenters. The van der Waals surface area contributed by atoms with Crippen LogP contribution >= 0.6 is 0 Å². The summed E-state index contributed by atoms with van der Waals surface area (Å²) >= 11 is 0. The molecule has 88 valence electrons. The van der Waals surface area contributed by atoms with Crippen LogP contribution in [0.4, 0.5) is 0 Å². The zero-order valence-corrected chi connectivity index (χ0v) is 8.71. The number of rotatable bonds is 2. The molecule has 2 N–H and O–H groups in total. The number of hydrogen-bond donors (Lipinski definition) is 2. The molecule has 7 heteroatoms. The predicted octanol–water partition coefficient (Wildman–Crippen LogP) is -0.305. The lowest BCUT2D eigenvalue weighted by atomic mass is 9.97. The molecule has 1 saturated heterocycles. The van der Waals surface area contributed by atoms with E-state index in [4.69, 9.17) is 5.11 Å². The highest BCUT2D eigenvalue weighted by atomic mass is 16.4. The Morgan fingerprint density at radius 3 is 2.53 bits per heavy atom. The van der Waals surface area contributed by atoms with Crippen LogP contribution in [0.25, 0.3) is 0 Å². The molecule has 17 heavy (non-hydrogen) atoms. The summed E-state index contributed by atoms with van der Waals surface area (Å²) in [6.07, 6.45) is 2.88. The highest BCUT2D eigenvalue weighted by Crippen LogP contribution is 2.21. The summed E-state index contributed by atoms with van der Waals surface area (Å²) in [6, 6.07) is 0. The number of carboxylic acid groups (broad SMARTS) is 1. The van der Waals surface area contributed by atoms with Gasteiger partial charge in [0, 0.05) is 18.8 Å². The largest absolute Gasteiger partial charge is 0.478 e. The first-order chi connectivity index (χ1) is 8.08. The second-order valence-corrected chi connectivity index (χ2v) is 3.64. The van der Waals surface area contributed by atoms with Crippen molar-refractivity contribution in [2.24, 2.45) is 0 Å². The number of nitrogens with one attached hydrogen (secondary N) is 1. The number of aromatic nitrogens is 2. The molecule has 0 aromatic carbocycles. The Labute approximate surface area is 95.9 Å². The van der Waals surface area contributed by atoms with Crippen molar-refractivity contribution in [1.82, 2.24) is 15.3 Å². The molecule has 2 amide bonds. The van der Waals surface area contributed by atoms with E-state index in [0.717, 1.165) is 12.4 Å². The molecular weight excluding hydrogens is 226 g/mol. The van der Waals surface area contributed by atoms with Gasteiger partial charge in [-0.25, -0.2) is 14.8 Å². The highest BCUT2D eigenvalue weighted by Gasteiger charge is 2.30. The van der Waals surface area contributed by atoms with E-state index in [1.165, 1.54) is 0 Å². The van der Waals surface area contributed by atoms with E-state index in [9.17, 15) is 14.4 Å². The number of aromatic carboxylic acids is 1. The number of amides is 2. The van der Waals surface area contributed by atoms with E-state index in [-0.39, 0.29) is 23.7 Å². The lowest BCUT2D eigenvalue weighted by molar-refractivity contribution is -0.134. The van der Waals surface area contributed by atoms with E-state index < -0.39 is 17.8 Å². The van der Waals surface area contributed by atoms with Gasteiger partial charge in [-0.15, -0.1) is 0 Å². The van der Waals surface area contributed by atoms with Crippen molar-refractivity contribution < 1.29 is 19.5 Å². The lowest BCUT2D eigenvalue weighted by Crippen LogP contribution is -2.40. The molecule has 0 saturated carbocycles. The smallest absolute Gasteiger partial charge is 0.338 e. The van der Waals surface area contributed by atoms with E-state index in [2.05, 4.69) is 15.3 Å². The van der Waals surface area contributed by atoms with Gasteiger partial charge in [0.2, 0.25) is 11.8 Å². The lowest BCUT2D eigenvalue weighted by Gasteiger charge is -2.19. The van der Waals surface area contributed by atoms with Gasteiger partial charge in [0.15, 0.2) is 0 Å². The average molecular weight is 235 g/mol. The van der Waals surface area contributed by atoms with Crippen LogP contribution in [-0.4, -0.2) is 32.9 Å². The topological polar surface area (TPSA) is 109 Å². The Bertz CT molecular complexity index is 483. The SMILES string of the molecule is O=C1CCC(c2ncc(C(=O)O)cn2)C(=O)N1. The molecule has 0 aliphatic carbocycles. The van der Waals surface area contributed by atoms with Crippen LogP contribution in [0.2, 0.25) is 0 Å². The number of carboxylic acids is 1. The summed E-state index contributed by atoms with van der Waals surface area (Å²) in [6.45, 7) is 0. The van der Waals surface area contributed by atoms with Gasteiger partial charge >= 0.3 is 5.97 Å². The summed E-state index contributed by atoms with van der Waals surface area (Å²) in [5, 5.41) is 10.9. The van der Waals surface area contributed by atoms with Crippen LogP contribution in [0.1, 0.15) is 34.9 Å². The van der Waals surface area contributed by atoms with Crippen molar-refractivity contribution >= 4 is 17.8 Å². The molecule has 1 aliphatic rings. The number of nitrogens with zero attached hydrogens (tertiary/aromatic N) is 2. The fourth-order valence-electron chi connectivity index (χ4n) is 1.57. The average Bonchev–Trinajstić information content (AvgIpc) is 2.29. The maximum Gasteiger partial charge on any atom is 0.338 e. The van der Waals surface area contributed by atoms with E-state index in [1.807, 2.05) is 0 Å². The van der Waals surface area contributed by atoms with Crippen molar-refractivity contribution in [1.29, 1.82) is 0 Å². The minimum atomic E-state index is -1.13. The molecule has 1 aromatic heterocycles.